The average Bonchev–Trinajstić information content (AvgIpc) is 2.78. The van der Waals surface area contributed by atoms with E-state index in [1.807, 2.05) is 7.05 Å². The maximum absolute atomic E-state index is 13.4. The van der Waals surface area contributed by atoms with Gasteiger partial charge in [-0.05, 0) is 19.1 Å². The van der Waals surface area contributed by atoms with Gasteiger partial charge < -0.3 is 9.88 Å². The number of aromatic nitrogens is 2. The third-order valence-corrected chi connectivity index (χ3v) is 3.79. The number of nitrogens with zero attached hydrogens (tertiary/aromatic N) is 2. The molecule has 4 nitrogen and oxygen atoms in total. The summed E-state index contributed by atoms with van der Waals surface area (Å²) in [5.74, 6) is -1.85. The molecule has 0 saturated heterocycles. The van der Waals surface area contributed by atoms with E-state index in [1.54, 1.807) is 23.9 Å². The molecule has 1 amide bonds. The van der Waals surface area contributed by atoms with Crippen LogP contribution in [-0.4, -0.2) is 20.7 Å². The van der Waals surface area contributed by atoms with E-state index in [0.29, 0.717) is 5.16 Å². The Morgan fingerprint density at radius 1 is 1.45 bits per heavy atom. The van der Waals surface area contributed by atoms with Crippen LogP contribution < -0.4 is 5.32 Å². The van der Waals surface area contributed by atoms with Gasteiger partial charge in [-0.25, -0.2) is 13.8 Å². The molecule has 0 spiro atoms. The van der Waals surface area contributed by atoms with Gasteiger partial charge in [-0.1, -0.05) is 11.8 Å². The lowest BCUT2D eigenvalue weighted by atomic mass is 10.3. The molecule has 0 saturated carbocycles. The Kier molecular flexibility index (Phi) is 4.39. The smallest absolute Gasteiger partial charge is 0.237 e. The molecule has 0 aliphatic heterocycles. The van der Waals surface area contributed by atoms with Gasteiger partial charge in [0, 0.05) is 25.5 Å². The summed E-state index contributed by atoms with van der Waals surface area (Å²) in [4.78, 5) is 16.1. The molecule has 2 rings (SSSR count). The summed E-state index contributed by atoms with van der Waals surface area (Å²) in [6.07, 6.45) is 3.40. The Labute approximate surface area is 119 Å². The minimum Gasteiger partial charge on any atom is -0.329 e. The molecule has 1 N–H and O–H groups in total. The highest BCUT2D eigenvalue weighted by molar-refractivity contribution is 8.00. The number of nitrogens with one attached hydrogen (secondary N) is 1. The van der Waals surface area contributed by atoms with E-state index >= 15 is 0 Å². The minimum atomic E-state index is -0.799. The third kappa shape index (κ3) is 3.36. The van der Waals surface area contributed by atoms with E-state index in [1.165, 1.54) is 17.8 Å². The molecule has 1 aromatic heterocycles. The van der Waals surface area contributed by atoms with E-state index in [2.05, 4.69) is 10.3 Å². The molecule has 2 aromatic rings. The summed E-state index contributed by atoms with van der Waals surface area (Å²) in [5.41, 5.74) is -0.0382. The number of amides is 1. The lowest BCUT2D eigenvalue weighted by Gasteiger charge is -2.12. The molecule has 1 heterocycles. The van der Waals surface area contributed by atoms with Crippen molar-refractivity contribution in [3.8, 4) is 0 Å². The summed E-state index contributed by atoms with van der Waals surface area (Å²) in [6, 6.07) is 3.02. The van der Waals surface area contributed by atoms with Crippen LogP contribution in [0.1, 0.15) is 6.92 Å². The van der Waals surface area contributed by atoms with Crippen LogP contribution in [0, 0.1) is 11.6 Å². The molecule has 0 aliphatic rings. The van der Waals surface area contributed by atoms with Crippen molar-refractivity contribution in [1.82, 2.24) is 9.55 Å². The SMILES string of the molecule is CC(Sc1nccn1C)C(=O)Nc1ccc(F)cc1F. The van der Waals surface area contributed by atoms with Gasteiger partial charge in [-0.2, -0.15) is 0 Å². The molecule has 20 heavy (non-hydrogen) atoms. The number of aryl methyl sites for hydroxylation is 1. The quantitative estimate of drug-likeness (QED) is 0.883. The molecule has 1 atom stereocenters. The first-order valence-corrected chi connectivity index (χ1v) is 6.75. The minimum absolute atomic E-state index is 0.0382. The highest BCUT2D eigenvalue weighted by Gasteiger charge is 2.18. The summed E-state index contributed by atoms with van der Waals surface area (Å²) in [7, 11) is 1.82. The van der Waals surface area contributed by atoms with E-state index in [9.17, 15) is 13.6 Å². The Morgan fingerprint density at radius 3 is 2.80 bits per heavy atom. The second-order valence-corrected chi connectivity index (χ2v) is 5.50. The molecule has 1 aromatic carbocycles. The predicted molar refractivity (Wildman–Crippen MR) is 73.5 cm³/mol. The normalized spacial score (nSPS) is 12.2. The van der Waals surface area contributed by atoms with Gasteiger partial charge in [0.2, 0.25) is 5.91 Å². The zero-order valence-electron chi connectivity index (χ0n) is 10.9. The van der Waals surface area contributed by atoms with Gasteiger partial charge in [-0.3, -0.25) is 4.79 Å². The molecule has 0 fully saturated rings. The fraction of sp³-hybridized carbons (Fsp3) is 0.231. The number of halogens is 2. The molecule has 0 radical (unpaired) electrons. The van der Waals surface area contributed by atoms with Gasteiger partial charge in [-0.15, -0.1) is 0 Å². The number of hydrogen-bond donors (Lipinski definition) is 1. The van der Waals surface area contributed by atoms with E-state index in [0.717, 1.165) is 12.1 Å². The first-order chi connectivity index (χ1) is 9.47. The van der Waals surface area contributed by atoms with Crippen LogP contribution in [0.3, 0.4) is 0 Å². The predicted octanol–water partition coefficient (Wildman–Crippen LogP) is 2.82. The second kappa shape index (κ2) is 6.04. The molecule has 7 heteroatoms. The fourth-order valence-electron chi connectivity index (χ4n) is 1.50. The number of imidazole rings is 1. The van der Waals surface area contributed by atoms with Gasteiger partial charge in [0.25, 0.3) is 0 Å². The van der Waals surface area contributed by atoms with Crippen molar-refractivity contribution in [1.29, 1.82) is 0 Å². The van der Waals surface area contributed by atoms with E-state index in [4.69, 9.17) is 0 Å². The number of carbonyl (C=O) groups is 1. The van der Waals surface area contributed by atoms with Crippen LogP contribution in [0.4, 0.5) is 14.5 Å². The van der Waals surface area contributed by atoms with Crippen LogP contribution >= 0.6 is 11.8 Å². The van der Waals surface area contributed by atoms with Crippen molar-refractivity contribution in [2.75, 3.05) is 5.32 Å². The maximum atomic E-state index is 13.4. The van der Waals surface area contributed by atoms with Crippen molar-refractivity contribution < 1.29 is 13.6 Å². The molecule has 0 bridgehead atoms. The van der Waals surface area contributed by atoms with Crippen molar-refractivity contribution in [2.45, 2.75) is 17.3 Å². The highest BCUT2D eigenvalue weighted by Crippen LogP contribution is 2.23. The number of hydrogen-bond acceptors (Lipinski definition) is 3. The fourth-order valence-corrected chi connectivity index (χ4v) is 2.33. The van der Waals surface area contributed by atoms with Crippen molar-refractivity contribution in [2.24, 2.45) is 7.05 Å². The zero-order chi connectivity index (χ0) is 14.7. The van der Waals surface area contributed by atoms with Gasteiger partial charge >= 0.3 is 0 Å². The first kappa shape index (κ1) is 14.5. The molecular formula is C13H13F2N3OS. The van der Waals surface area contributed by atoms with Gasteiger partial charge in [0.05, 0.1) is 10.9 Å². The number of benzene rings is 1. The van der Waals surface area contributed by atoms with Crippen molar-refractivity contribution in [3.05, 3.63) is 42.2 Å². The Balaban J connectivity index is 2.02. The number of anilines is 1. The van der Waals surface area contributed by atoms with Crippen LogP contribution in [-0.2, 0) is 11.8 Å². The monoisotopic (exact) mass is 297 g/mol. The number of rotatable bonds is 4. The Bertz CT molecular complexity index is 630. The zero-order valence-corrected chi connectivity index (χ0v) is 11.7. The highest BCUT2D eigenvalue weighted by atomic mass is 32.2. The third-order valence-electron chi connectivity index (χ3n) is 2.62. The summed E-state index contributed by atoms with van der Waals surface area (Å²) in [5, 5.41) is 2.66. The Morgan fingerprint density at radius 2 is 2.20 bits per heavy atom. The second-order valence-electron chi connectivity index (χ2n) is 4.19. The van der Waals surface area contributed by atoms with E-state index < -0.39 is 16.9 Å². The summed E-state index contributed by atoms with van der Waals surface area (Å²) < 4.78 is 28.0. The number of carbonyl (C=O) groups excluding carboxylic acids is 1. The summed E-state index contributed by atoms with van der Waals surface area (Å²) >= 11 is 1.26. The van der Waals surface area contributed by atoms with Crippen LogP contribution in [0.15, 0.2) is 35.7 Å². The van der Waals surface area contributed by atoms with Crippen molar-refractivity contribution >= 4 is 23.4 Å². The number of thioether (sulfide) groups is 1. The first-order valence-electron chi connectivity index (χ1n) is 5.87. The molecule has 106 valence electrons. The molecule has 0 aliphatic carbocycles. The lowest BCUT2D eigenvalue weighted by molar-refractivity contribution is -0.115. The van der Waals surface area contributed by atoms with E-state index in [-0.39, 0.29) is 11.6 Å². The average molecular weight is 297 g/mol. The van der Waals surface area contributed by atoms with Crippen LogP contribution in [0.2, 0.25) is 0 Å². The Hall–Kier alpha value is -1.89. The lowest BCUT2D eigenvalue weighted by Crippen LogP contribution is -2.23. The maximum Gasteiger partial charge on any atom is 0.237 e. The topological polar surface area (TPSA) is 46.9 Å². The van der Waals surface area contributed by atoms with Crippen molar-refractivity contribution in [3.63, 3.8) is 0 Å². The molecule has 1 unspecified atom stereocenters. The largest absolute Gasteiger partial charge is 0.329 e. The van der Waals surface area contributed by atoms with Crippen LogP contribution in [0.5, 0.6) is 0 Å². The molecular weight excluding hydrogens is 284 g/mol. The standard InChI is InChI=1S/C13H13F2N3OS/c1-8(20-13-16-5-6-18(13)2)12(19)17-11-4-3-9(14)7-10(11)15/h3-8H,1-2H3,(H,17,19). The van der Waals surface area contributed by atoms with Gasteiger partial charge in [0.1, 0.15) is 11.6 Å². The van der Waals surface area contributed by atoms with Gasteiger partial charge in [0.15, 0.2) is 5.16 Å². The van der Waals surface area contributed by atoms with Crippen LogP contribution in [0.25, 0.3) is 0 Å². The summed E-state index contributed by atoms with van der Waals surface area (Å²) in [6.45, 7) is 1.69.